The maximum Gasteiger partial charge on any atom is 0.234 e. The van der Waals surface area contributed by atoms with Gasteiger partial charge in [0, 0.05) is 30.9 Å². The minimum atomic E-state index is -0.298. The molecule has 1 N–H and O–H groups in total. The van der Waals surface area contributed by atoms with Crippen molar-refractivity contribution in [1.29, 1.82) is 0 Å². The summed E-state index contributed by atoms with van der Waals surface area (Å²) in [4.78, 5) is 18.6. The molecule has 2 heterocycles. The smallest absolute Gasteiger partial charge is 0.234 e. The van der Waals surface area contributed by atoms with Crippen molar-refractivity contribution in [2.45, 2.75) is 38.5 Å². The van der Waals surface area contributed by atoms with Crippen LogP contribution in [0.1, 0.15) is 37.4 Å². The molecule has 0 bridgehead atoms. The summed E-state index contributed by atoms with van der Waals surface area (Å²) in [6, 6.07) is 11.8. The van der Waals surface area contributed by atoms with E-state index in [1.165, 1.54) is 0 Å². The average molecular weight is 339 g/mol. The van der Waals surface area contributed by atoms with Crippen LogP contribution >= 0.6 is 0 Å². The molecule has 5 heteroatoms. The van der Waals surface area contributed by atoms with Crippen LogP contribution in [0.25, 0.3) is 0 Å². The average Bonchev–Trinajstić information content (AvgIpc) is 2.54. The van der Waals surface area contributed by atoms with Crippen LogP contribution in [0.15, 0.2) is 48.8 Å². The Labute approximate surface area is 149 Å². The molecule has 5 nitrogen and oxygen atoms in total. The maximum atomic E-state index is 12.5. The molecular formula is C20H25N3O2. The summed E-state index contributed by atoms with van der Waals surface area (Å²) in [6.45, 7) is 5.14. The number of ether oxygens (including phenoxy) is 1. The molecule has 0 saturated carbocycles. The zero-order chi connectivity index (χ0) is 17.9. The van der Waals surface area contributed by atoms with E-state index in [9.17, 15) is 4.79 Å². The fourth-order valence-corrected chi connectivity index (χ4v) is 3.28. The van der Waals surface area contributed by atoms with E-state index in [2.05, 4.69) is 24.1 Å². The van der Waals surface area contributed by atoms with Gasteiger partial charge in [-0.15, -0.1) is 0 Å². The fraction of sp³-hybridized carbons (Fsp3) is 0.400. The molecule has 0 saturated heterocycles. The Bertz CT molecular complexity index is 731. The Balaban J connectivity index is 1.62. The number of pyridine rings is 1. The van der Waals surface area contributed by atoms with E-state index in [1.807, 2.05) is 54.5 Å². The number of rotatable bonds is 5. The van der Waals surface area contributed by atoms with Gasteiger partial charge in [0.05, 0.1) is 12.6 Å². The summed E-state index contributed by atoms with van der Waals surface area (Å²) in [6.07, 6.45) is 4.33. The number of hydrogen-bond acceptors (Lipinski definition) is 4. The molecule has 0 radical (unpaired) electrons. The van der Waals surface area contributed by atoms with Crippen molar-refractivity contribution in [2.24, 2.45) is 0 Å². The van der Waals surface area contributed by atoms with Crippen molar-refractivity contribution < 1.29 is 9.53 Å². The number of benzene rings is 1. The number of carbonyl (C=O) groups excluding carboxylic acids is 1. The zero-order valence-electron chi connectivity index (χ0n) is 15.0. The standard InChI is InChI=1S/C20H25N3O2/c1-20(2)11-17(16-8-4-5-9-18(16)25-20)22-19(24)14-23(3)13-15-7-6-10-21-12-15/h4-10,12,17H,11,13-14H2,1-3H3,(H,22,24)/t17-/m1/s1. The first-order valence-corrected chi connectivity index (χ1v) is 8.58. The molecule has 1 aromatic heterocycles. The molecule has 1 aliphatic rings. The van der Waals surface area contributed by atoms with Gasteiger partial charge in [-0.2, -0.15) is 0 Å². The van der Waals surface area contributed by atoms with Crippen LogP contribution in [0.5, 0.6) is 5.75 Å². The van der Waals surface area contributed by atoms with Gasteiger partial charge in [0.15, 0.2) is 0 Å². The summed E-state index contributed by atoms with van der Waals surface area (Å²) < 4.78 is 6.02. The maximum absolute atomic E-state index is 12.5. The lowest BCUT2D eigenvalue weighted by Crippen LogP contribution is -2.43. The second-order valence-electron chi connectivity index (χ2n) is 7.26. The van der Waals surface area contributed by atoms with Gasteiger partial charge in [0.1, 0.15) is 11.4 Å². The van der Waals surface area contributed by atoms with Gasteiger partial charge in [-0.25, -0.2) is 0 Å². The van der Waals surface area contributed by atoms with Crippen molar-refractivity contribution in [3.05, 3.63) is 59.9 Å². The molecule has 25 heavy (non-hydrogen) atoms. The predicted octanol–water partition coefficient (Wildman–Crippen LogP) is 2.93. The van der Waals surface area contributed by atoms with E-state index < -0.39 is 0 Å². The van der Waals surface area contributed by atoms with Crippen molar-refractivity contribution in [3.8, 4) is 5.75 Å². The first-order valence-electron chi connectivity index (χ1n) is 8.58. The molecule has 132 valence electrons. The van der Waals surface area contributed by atoms with E-state index in [0.717, 1.165) is 23.3 Å². The Hall–Kier alpha value is -2.40. The summed E-state index contributed by atoms with van der Waals surface area (Å²) in [5.74, 6) is 0.872. The van der Waals surface area contributed by atoms with Crippen LogP contribution in [0.3, 0.4) is 0 Å². The topological polar surface area (TPSA) is 54.5 Å². The van der Waals surface area contributed by atoms with Crippen LogP contribution in [-0.2, 0) is 11.3 Å². The van der Waals surface area contributed by atoms with Crippen LogP contribution < -0.4 is 10.1 Å². The lowest BCUT2D eigenvalue weighted by atomic mass is 9.89. The number of nitrogens with zero attached hydrogens (tertiary/aromatic N) is 2. The number of likely N-dealkylation sites (N-methyl/N-ethyl adjacent to an activating group) is 1. The van der Waals surface area contributed by atoms with Crippen molar-refractivity contribution >= 4 is 5.91 Å². The Kier molecular flexibility index (Phi) is 5.04. The van der Waals surface area contributed by atoms with E-state index in [4.69, 9.17) is 4.74 Å². The molecule has 1 aliphatic heterocycles. The molecule has 3 rings (SSSR count). The molecule has 0 spiro atoms. The molecular weight excluding hydrogens is 314 g/mol. The molecule has 0 fully saturated rings. The Morgan fingerprint density at radius 1 is 1.32 bits per heavy atom. The molecule has 0 unspecified atom stereocenters. The Morgan fingerprint density at radius 3 is 2.88 bits per heavy atom. The van der Waals surface area contributed by atoms with E-state index in [1.54, 1.807) is 6.20 Å². The molecule has 2 aromatic rings. The SMILES string of the molecule is CN(CC(=O)N[C@@H]1CC(C)(C)Oc2ccccc21)Cc1cccnc1. The molecule has 0 aliphatic carbocycles. The number of fused-ring (bicyclic) bond motifs is 1. The van der Waals surface area contributed by atoms with Gasteiger partial charge in [-0.1, -0.05) is 24.3 Å². The summed E-state index contributed by atoms with van der Waals surface area (Å²) in [5.41, 5.74) is 1.84. The van der Waals surface area contributed by atoms with Gasteiger partial charge in [-0.05, 0) is 38.6 Å². The zero-order valence-corrected chi connectivity index (χ0v) is 15.0. The molecule has 1 aromatic carbocycles. The molecule has 1 atom stereocenters. The van der Waals surface area contributed by atoms with Gasteiger partial charge in [-0.3, -0.25) is 14.7 Å². The van der Waals surface area contributed by atoms with Crippen LogP contribution in [0.2, 0.25) is 0 Å². The number of amides is 1. The number of hydrogen-bond donors (Lipinski definition) is 1. The van der Waals surface area contributed by atoms with Crippen molar-refractivity contribution in [2.75, 3.05) is 13.6 Å². The first-order chi connectivity index (χ1) is 11.9. The summed E-state index contributed by atoms with van der Waals surface area (Å²) in [7, 11) is 1.94. The lowest BCUT2D eigenvalue weighted by Gasteiger charge is -2.38. The number of aromatic nitrogens is 1. The minimum absolute atomic E-state index is 0.0175. The van der Waals surface area contributed by atoms with E-state index in [-0.39, 0.29) is 17.6 Å². The number of para-hydroxylation sites is 1. The van der Waals surface area contributed by atoms with Crippen LogP contribution in [0.4, 0.5) is 0 Å². The Morgan fingerprint density at radius 2 is 2.12 bits per heavy atom. The highest BCUT2D eigenvalue weighted by Crippen LogP contribution is 2.39. The van der Waals surface area contributed by atoms with E-state index in [0.29, 0.717) is 13.1 Å². The normalized spacial score (nSPS) is 18.3. The van der Waals surface area contributed by atoms with Gasteiger partial charge >= 0.3 is 0 Å². The number of nitrogens with one attached hydrogen (secondary N) is 1. The first kappa shape index (κ1) is 17.4. The van der Waals surface area contributed by atoms with Crippen LogP contribution in [-0.4, -0.2) is 35.0 Å². The van der Waals surface area contributed by atoms with Gasteiger partial charge in [0.25, 0.3) is 0 Å². The fourth-order valence-electron chi connectivity index (χ4n) is 3.28. The number of carbonyl (C=O) groups is 1. The van der Waals surface area contributed by atoms with Crippen LogP contribution in [0, 0.1) is 0 Å². The monoisotopic (exact) mass is 339 g/mol. The van der Waals surface area contributed by atoms with Crippen molar-refractivity contribution in [3.63, 3.8) is 0 Å². The third kappa shape index (κ3) is 4.57. The highest BCUT2D eigenvalue weighted by atomic mass is 16.5. The highest BCUT2D eigenvalue weighted by molar-refractivity contribution is 5.78. The second kappa shape index (κ2) is 7.23. The van der Waals surface area contributed by atoms with E-state index >= 15 is 0 Å². The predicted molar refractivity (Wildman–Crippen MR) is 97.2 cm³/mol. The van der Waals surface area contributed by atoms with Gasteiger partial charge < -0.3 is 10.1 Å². The summed E-state index contributed by atoms with van der Waals surface area (Å²) in [5, 5.41) is 3.17. The third-order valence-electron chi connectivity index (χ3n) is 4.30. The second-order valence-corrected chi connectivity index (χ2v) is 7.26. The molecule has 1 amide bonds. The quantitative estimate of drug-likeness (QED) is 0.910. The largest absolute Gasteiger partial charge is 0.487 e. The summed E-state index contributed by atoms with van der Waals surface area (Å²) >= 11 is 0. The minimum Gasteiger partial charge on any atom is -0.487 e. The third-order valence-corrected chi connectivity index (χ3v) is 4.30. The highest BCUT2D eigenvalue weighted by Gasteiger charge is 2.34. The lowest BCUT2D eigenvalue weighted by molar-refractivity contribution is -0.123. The van der Waals surface area contributed by atoms with Crippen molar-refractivity contribution in [1.82, 2.24) is 15.2 Å². The van der Waals surface area contributed by atoms with Gasteiger partial charge in [0.2, 0.25) is 5.91 Å².